The van der Waals surface area contributed by atoms with Gasteiger partial charge < -0.3 is 10.2 Å². The van der Waals surface area contributed by atoms with E-state index >= 15 is 0 Å². The number of para-hydroxylation sites is 1. The number of fused-ring (bicyclic) bond motifs is 1. The predicted molar refractivity (Wildman–Crippen MR) is 115 cm³/mol. The van der Waals surface area contributed by atoms with E-state index in [2.05, 4.69) is 53.4 Å². The molecule has 1 aliphatic rings. The number of hydrogen-bond donors (Lipinski definition) is 1. The van der Waals surface area contributed by atoms with Gasteiger partial charge in [-0.25, -0.2) is 9.97 Å². The van der Waals surface area contributed by atoms with Gasteiger partial charge in [0.1, 0.15) is 17.3 Å². The molecule has 3 aromatic rings. The van der Waals surface area contributed by atoms with Crippen molar-refractivity contribution in [2.75, 3.05) is 11.9 Å². The van der Waals surface area contributed by atoms with Gasteiger partial charge in [-0.05, 0) is 42.0 Å². The summed E-state index contributed by atoms with van der Waals surface area (Å²) < 4.78 is 0. The molecule has 1 amide bonds. The van der Waals surface area contributed by atoms with Crippen molar-refractivity contribution in [1.82, 2.24) is 14.9 Å². The van der Waals surface area contributed by atoms with Crippen LogP contribution in [-0.2, 0) is 13.0 Å². The lowest BCUT2D eigenvalue weighted by molar-refractivity contribution is 0.0728. The number of hydrogen-bond acceptors (Lipinski definition) is 4. The highest BCUT2D eigenvalue weighted by Crippen LogP contribution is 2.27. The Morgan fingerprint density at radius 1 is 1.03 bits per heavy atom. The van der Waals surface area contributed by atoms with Crippen molar-refractivity contribution in [1.29, 1.82) is 0 Å². The highest BCUT2D eigenvalue weighted by molar-refractivity contribution is 5.93. The van der Waals surface area contributed by atoms with Gasteiger partial charge in [0.2, 0.25) is 0 Å². The summed E-state index contributed by atoms with van der Waals surface area (Å²) in [6, 6.07) is 18.2. The molecule has 1 aliphatic heterocycles. The van der Waals surface area contributed by atoms with Crippen molar-refractivity contribution in [2.24, 2.45) is 0 Å². The average molecular weight is 386 g/mol. The fraction of sp³-hybridized carbons (Fsp3) is 0.292. The van der Waals surface area contributed by atoms with Crippen molar-refractivity contribution in [2.45, 2.75) is 39.7 Å². The molecular formula is C24H26N4O. The molecule has 0 aliphatic carbocycles. The number of carbonyl (C=O) groups excluding carboxylic acids is 1. The zero-order valence-electron chi connectivity index (χ0n) is 17.1. The molecule has 4 rings (SSSR count). The van der Waals surface area contributed by atoms with Gasteiger partial charge >= 0.3 is 0 Å². The van der Waals surface area contributed by atoms with E-state index in [9.17, 15) is 4.79 Å². The van der Waals surface area contributed by atoms with Crippen LogP contribution in [-0.4, -0.2) is 27.3 Å². The maximum Gasteiger partial charge on any atom is 0.272 e. The summed E-state index contributed by atoms with van der Waals surface area (Å²) in [4.78, 5) is 23.9. The van der Waals surface area contributed by atoms with Crippen molar-refractivity contribution >= 4 is 17.4 Å². The average Bonchev–Trinajstić information content (AvgIpc) is 2.72. The second kappa shape index (κ2) is 8.03. The van der Waals surface area contributed by atoms with Crippen LogP contribution in [0.3, 0.4) is 0 Å². The summed E-state index contributed by atoms with van der Waals surface area (Å²) in [5, 5.41) is 3.39. The molecule has 0 radical (unpaired) electrons. The van der Waals surface area contributed by atoms with Crippen LogP contribution >= 0.6 is 0 Å². The monoisotopic (exact) mass is 386 g/mol. The molecule has 148 valence electrons. The Morgan fingerprint density at radius 3 is 2.55 bits per heavy atom. The molecule has 5 heteroatoms. The predicted octanol–water partition coefficient (Wildman–Crippen LogP) is 4.85. The van der Waals surface area contributed by atoms with Gasteiger partial charge in [-0.15, -0.1) is 0 Å². The summed E-state index contributed by atoms with van der Waals surface area (Å²) in [6.07, 6.45) is 0.874. The molecule has 1 aromatic heterocycles. The number of nitrogens with one attached hydrogen (secondary N) is 1. The van der Waals surface area contributed by atoms with Crippen LogP contribution in [0.25, 0.3) is 0 Å². The highest BCUT2D eigenvalue weighted by atomic mass is 16.2. The van der Waals surface area contributed by atoms with Crippen LogP contribution in [0, 0.1) is 6.92 Å². The van der Waals surface area contributed by atoms with Crippen LogP contribution in [0.4, 0.5) is 11.5 Å². The largest absolute Gasteiger partial charge is 0.340 e. The molecule has 0 saturated carbocycles. The van der Waals surface area contributed by atoms with Gasteiger partial charge in [-0.3, -0.25) is 4.79 Å². The number of aromatic nitrogens is 2. The Bertz CT molecular complexity index is 1040. The third kappa shape index (κ3) is 4.14. The number of anilines is 2. The molecule has 0 atom stereocenters. The lowest BCUT2D eigenvalue weighted by Gasteiger charge is -2.28. The number of carbonyl (C=O) groups is 1. The molecule has 0 fully saturated rings. The molecule has 2 heterocycles. The van der Waals surface area contributed by atoms with Gasteiger partial charge in [-0.2, -0.15) is 0 Å². The third-order valence-corrected chi connectivity index (χ3v) is 5.32. The van der Waals surface area contributed by atoms with Crippen molar-refractivity contribution in [3.8, 4) is 0 Å². The molecule has 5 nitrogen and oxygen atoms in total. The lowest BCUT2D eigenvalue weighted by atomic mass is 10.00. The van der Waals surface area contributed by atoms with Crippen LogP contribution in [0.15, 0.2) is 54.6 Å². The van der Waals surface area contributed by atoms with Crippen LogP contribution < -0.4 is 5.32 Å². The van der Waals surface area contributed by atoms with E-state index in [1.807, 2.05) is 36.1 Å². The molecule has 29 heavy (non-hydrogen) atoms. The fourth-order valence-corrected chi connectivity index (χ4v) is 3.82. The van der Waals surface area contributed by atoms with Crippen LogP contribution in [0.1, 0.15) is 52.8 Å². The van der Waals surface area contributed by atoms with E-state index in [0.29, 0.717) is 36.3 Å². The number of amides is 1. The van der Waals surface area contributed by atoms with Gasteiger partial charge in [0, 0.05) is 24.8 Å². The Morgan fingerprint density at radius 2 is 1.76 bits per heavy atom. The van der Waals surface area contributed by atoms with Crippen molar-refractivity contribution in [3.05, 3.63) is 82.8 Å². The first kappa shape index (κ1) is 19.1. The number of rotatable bonds is 4. The van der Waals surface area contributed by atoms with Gasteiger partial charge in [0.05, 0.1) is 0 Å². The topological polar surface area (TPSA) is 58.1 Å². The Hall–Kier alpha value is -3.21. The van der Waals surface area contributed by atoms with Gasteiger partial charge in [0.25, 0.3) is 5.91 Å². The van der Waals surface area contributed by atoms with Crippen molar-refractivity contribution in [3.63, 3.8) is 0 Å². The summed E-state index contributed by atoms with van der Waals surface area (Å²) in [5.74, 6) is 1.56. The highest BCUT2D eigenvalue weighted by Gasteiger charge is 2.23. The minimum atomic E-state index is -0.0507. The van der Waals surface area contributed by atoms with Crippen LogP contribution in [0.2, 0.25) is 0 Å². The maximum absolute atomic E-state index is 13.1. The Balaban J connectivity index is 1.58. The molecule has 0 spiro atoms. The van der Waals surface area contributed by atoms with E-state index in [4.69, 9.17) is 0 Å². The van der Waals surface area contributed by atoms with Crippen molar-refractivity contribution < 1.29 is 4.79 Å². The smallest absolute Gasteiger partial charge is 0.272 e. The van der Waals surface area contributed by atoms with E-state index in [0.717, 1.165) is 12.1 Å². The second-order valence-corrected chi connectivity index (χ2v) is 7.80. The standard InChI is InChI=1S/C24H26N4O/c1-16(2)20-10-6-7-11-21(20)27-23-14-22(25-17(3)26-23)24(29)28-13-12-18-8-4-5-9-19(18)15-28/h4-11,14,16H,12-13,15H2,1-3H3,(H,25,26,27). The summed E-state index contributed by atoms with van der Waals surface area (Å²) in [5.41, 5.74) is 5.18. The van der Waals surface area contributed by atoms with Gasteiger partial charge in [0.15, 0.2) is 0 Å². The van der Waals surface area contributed by atoms with Gasteiger partial charge in [-0.1, -0.05) is 56.3 Å². The Kier molecular flexibility index (Phi) is 5.30. The lowest BCUT2D eigenvalue weighted by Crippen LogP contribution is -2.36. The SMILES string of the molecule is Cc1nc(Nc2ccccc2C(C)C)cc(C(=O)N2CCc3ccccc3C2)n1. The summed E-state index contributed by atoms with van der Waals surface area (Å²) in [6.45, 7) is 7.47. The summed E-state index contributed by atoms with van der Waals surface area (Å²) >= 11 is 0. The van der Waals surface area contributed by atoms with E-state index in [-0.39, 0.29) is 5.91 Å². The van der Waals surface area contributed by atoms with E-state index in [1.54, 1.807) is 6.07 Å². The molecule has 1 N–H and O–H groups in total. The zero-order chi connectivity index (χ0) is 20.4. The maximum atomic E-state index is 13.1. The molecular weight excluding hydrogens is 360 g/mol. The summed E-state index contributed by atoms with van der Waals surface area (Å²) in [7, 11) is 0. The van der Waals surface area contributed by atoms with Crippen LogP contribution in [0.5, 0.6) is 0 Å². The molecule has 0 unspecified atom stereocenters. The van der Waals surface area contributed by atoms with E-state index < -0.39 is 0 Å². The fourth-order valence-electron chi connectivity index (χ4n) is 3.82. The first-order chi connectivity index (χ1) is 14.0. The Labute approximate surface area is 171 Å². The number of nitrogens with zero attached hydrogens (tertiary/aromatic N) is 3. The normalized spacial score (nSPS) is 13.3. The quantitative estimate of drug-likeness (QED) is 0.696. The number of benzene rings is 2. The minimum absolute atomic E-state index is 0.0507. The molecule has 0 saturated heterocycles. The first-order valence-electron chi connectivity index (χ1n) is 10.1. The minimum Gasteiger partial charge on any atom is -0.340 e. The van der Waals surface area contributed by atoms with E-state index in [1.165, 1.54) is 16.7 Å². The molecule has 0 bridgehead atoms. The first-order valence-corrected chi connectivity index (χ1v) is 10.1. The zero-order valence-corrected chi connectivity index (χ0v) is 17.1. The second-order valence-electron chi connectivity index (χ2n) is 7.80. The third-order valence-electron chi connectivity index (χ3n) is 5.32. The molecule has 2 aromatic carbocycles. The number of aryl methyl sites for hydroxylation is 1.